The molecule has 1 aliphatic rings. The van der Waals surface area contributed by atoms with Crippen LogP contribution in [0.5, 0.6) is 0 Å². The first-order chi connectivity index (χ1) is 8.06. The molecule has 1 aromatic carbocycles. The van der Waals surface area contributed by atoms with Crippen LogP contribution in [0, 0.1) is 23.7 Å². The average Bonchev–Trinajstić information content (AvgIpc) is 3.03. The SMILES string of the molecule is Cc1cc(Br)c(NCC2(CC#N)CC2)cc1Cl. The number of anilines is 1. The maximum absolute atomic E-state index is 8.77. The maximum atomic E-state index is 8.77. The Kier molecular flexibility index (Phi) is 3.65. The number of nitrogens with one attached hydrogen (secondary N) is 1. The molecule has 0 aliphatic heterocycles. The molecule has 0 atom stereocenters. The first-order valence-electron chi connectivity index (χ1n) is 5.63. The minimum Gasteiger partial charge on any atom is -0.383 e. The van der Waals surface area contributed by atoms with E-state index >= 15 is 0 Å². The summed E-state index contributed by atoms with van der Waals surface area (Å²) in [6.45, 7) is 2.83. The Balaban J connectivity index is 2.05. The number of aryl methyl sites for hydroxylation is 1. The van der Waals surface area contributed by atoms with Gasteiger partial charge in [0.25, 0.3) is 0 Å². The van der Waals surface area contributed by atoms with Gasteiger partial charge in [0.05, 0.1) is 6.07 Å². The van der Waals surface area contributed by atoms with Gasteiger partial charge in [0.2, 0.25) is 0 Å². The van der Waals surface area contributed by atoms with E-state index in [0.717, 1.165) is 40.1 Å². The molecule has 4 heteroatoms. The molecular formula is C13H14BrClN2. The molecule has 90 valence electrons. The van der Waals surface area contributed by atoms with E-state index in [1.165, 1.54) is 0 Å². The second-order valence-electron chi connectivity index (χ2n) is 4.77. The Bertz CT molecular complexity index is 475. The van der Waals surface area contributed by atoms with Crippen LogP contribution in [-0.2, 0) is 0 Å². The molecule has 0 radical (unpaired) electrons. The van der Waals surface area contributed by atoms with Crippen molar-refractivity contribution in [2.45, 2.75) is 26.2 Å². The number of rotatable bonds is 4. The van der Waals surface area contributed by atoms with Crippen molar-refractivity contribution in [1.82, 2.24) is 0 Å². The molecule has 0 spiro atoms. The van der Waals surface area contributed by atoms with Gasteiger partial charge in [-0.15, -0.1) is 0 Å². The highest BCUT2D eigenvalue weighted by molar-refractivity contribution is 9.10. The van der Waals surface area contributed by atoms with E-state index in [4.69, 9.17) is 16.9 Å². The van der Waals surface area contributed by atoms with Gasteiger partial charge < -0.3 is 5.32 Å². The lowest BCUT2D eigenvalue weighted by Gasteiger charge is -2.15. The molecule has 2 rings (SSSR count). The van der Waals surface area contributed by atoms with Crippen molar-refractivity contribution in [1.29, 1.82) is 5.26 Å². The lowest BCUT2D eigenvalue weighted by molar-refractivity contribution is 0.557. The van der Waals surface area contributed by atoms with Crippen molar-refractivity contribution in [3.63, 3.8) is 0 Å². The highest BCUT2D eigenvalue weighted by atomic mass is 79.9. The molecule has 0 aromatic heterocycles. The van der Waals surface area contributed by atoms with Gasteiger partial charge in [0.1, 0.15) is 0 Å². The Hall–Kier alpha value is -0.720. The number of nitriles is 1. The number of benzene rings is 1. The van der Waals surface area contributed by atoms with E-state index in [9.17, 15) is 0 Å². The first kappa shape index (κ1) is 12.7. The van der Waals surface area contributed by atoms with Gasteiger partial charge in [0.15, 0.2) is 0 Å². The fourth-order valence-corrected chi connectivity index (χ4v) is 2.59. The number of hydrogen-bond donors (Lipinski definition) is 1. The van der Waals surface area contributed by atoms with Crippen LogP contribution < -0.4 is 5.32 Å². The highest BCUT2D eigenvalue weighted by Crippen LogP contribution is 2.48. The van der Waals surface area contributed by atoms with Crippen molar-refractivity contribution in [3.8, 4) is 6.07 Å². The van der Waals surface area contributed by atoms with E-state index < -0.39 is 0 Å². The average molecular weight is 314 g/mol. The molecule has 1 fully saturated rings. The Labute approximate surface area is 115 Å². The van der Waals surface area contributed by atoms with Crippen LogP contribution >= 0.6 is 27.5 Å². The van der Waals surface area contributed by atoms with Gasteiger partial charge in [-0.1, -0.05) is 11.6 Å². The summed E-state index contributed by atoms with van der Waals surface area (Å²) in [5.41, 5.74) is 2.26. The summed E-state index contributed by atoms with van der Waals surface area (Å²) in [5, 5.41) is 12.9. The van der Waals surface area contributed by atoms with Gasteiger partial charge >= 0.3 is 0 Å². The van der Waals surface area contributed by atoms with Gasteiger partial charge in [0, 0.05) is 33.6 Å². The Morgan fingerprint density at radius 2 is 2.24 bits per heavy atom. The van der Waals surface area contributed by atoms with Crippen LogP contribution in [0.1, 0.15) is 24.8 Å². The van der Waals surface area contributed by atoms with E-state index in [2.05, 4.69) is 27.3 Å². The summed E-state index contributed by atoms with van der Waals surface area (Å²) in [6, 6.07) is 6.21. The van der Waals surface area contributed by atoms with Crippen LogP contribution in [-0.4, -0.2) is 6.54 Å². The summed E-state index contributed by atoms with van der Waals surface area (Å²) >= 11 is 9.62. The summed E-state index contributed by atoms with van der Waals surface area (Å²) < 4.78 is 1.02. The molecule has 0 amide bonds. The lowest BCUT2D eigenvalue weighted by atomic mass is 10.0. The molecule has 1 aromatic rings. The van der Waals surface area contributed by atoms with E-state index in [1.807, 2.05) is 19.1 Å². The van der Waals surface area contributed by atoms with E-state index in [0.29, 0.717) is 6.42 Å². The van der Waals surface area contributed by atoms with Gasteiger partial charge in [-0.05, 0) is 53.4 Å². The second kappa shape index (κ2) is 4.88. The summed E-state index contributed by atoms with van der Waals surface area (Å²) in [5.74, 6) is 0. The fraction of sp³-hybridized carbons (Fsp3) is 0.462. The lowest BCUT2D eigenvalue weighted by Crippen LogP contribution is -2.15. The molecule has 0 saturated heterocycles. The maximum Gasteiger partial charge on any atom is 0.0628 e. The van der Waals surface area contributed by atoms with Crippen molar-refractivity contribution < 1.29 is 0 Å². The van der Waals surface area contributed by atoms with Gasteiger partial charge in [-0.2, -0.15) is 5.26 Å². The zero-order valence-corrected chi connectivity index (χ0v) is 12.0. The highest BCUT2D eigenvalue weighted by Gasteiger charge is 2.42. The number of hydrogen-bond acceptors (Lipinski definition) is 2. The van der Waals surface area contributed by atoms with Crippen molar-refractivity contribution in [2.75, 3.05) is 11.9 Å². The molecule has 1 aliphatic carbocycles. The molecule has 1 N–H and O–H groups in total. The molecule has 2 nitrogen and oxygen atoms in total. The molecule has 0 heterocycles. The quantitative estimate of drug-likeness (QED) is 0.887. The zero-order chi connectivity index (χ0) is 12.5. The van der Waals surface area contributed by atoms with Crippen LogP contribution in [0.3, 0.4) is 0 Å². The predicted molar refractivity (Wildman–Crippen MR) is 74.3 cm³/mol. The topological polar surface area (TPSA) is 35.8 Å². The van der Waals surface area contributed by atoms with E-state index in [-0.39, 0.29) is 5.41 Å². The second-order valence-corrected chi connectivity index (χ2v) is 6.03. The largest absolute Gasteiger partial charge is 0.383 e. The third-order valence-corrected chi connectivity index (χ3v) is 4.38. The van der Waals surface area contributed by atoms with Crippen LogP contribution in [0.25, 0.3) is 0 Å². The Morgan fingerprint density at radius 1 is 1.53 bits per heavy atom. The Morgan fingerprint density at radius 3 is 2.82 bits per heavy atom. The van der Waals surface area contributed by atoms with Crippen LogP contribution in [0.15, 0.2) is 16.6 Å². The summed E-state index contributed by atoms with van der Waals surface area (Å²) in [6.07, 6.45) is 2.92. The summed E-state index contributed by atoms with van der Waals surface area (Å²) in [7, 11) is 0. The number of nitrogens with zero attached hydrogens (tertiary/aromatic N) is 1. The van der Waals surface area contributed by atoms with Crippen molar-refractivity contribution in [2.24, 2.45) is 5.41 Å². The molecule has 0 bridgehead atoms. The normalized spacial score (nSPS) is 16.4. The zero-order valence-electron chi connectivity index (χ0n) is 9.69. The van der Waals surface area contributed by atoms with Crippen LogP contribution in [0.2, 0.25) is 5.02 Å². The van der Waals surface area contributed by atoms with Crippen molar-refractivity contribution >= 4 is 33.2 Å². The van der Waals surface area contributed by atoms with Crippen molar-refractivity contribution in [3.05, 3.63) is 27.2 Å². The molecule has 17 heavy (non-hydrogen) atoms. The predicted octanol–water partition coefficient (Wildman–Crippen LogP) is 4.52. The third-order valence-electron chi connectivity index (χ3n) is 3.31. The molecule has 1 saturated carbocycles. The monoisotopic (exact) mass is 312 g/mol. The van der Waals surface area contributed by atoms with E-state index in [1.54, 1.807) is 0 Å². The standard InChI is InChI=1S/C13H14BrClN2/c1-9-6-10(14)12(7-11(9)15)17-8-13(2-3-13)4-5-16/h6-7,17H,2-4,8H2,1H3. The summed E-state index contributed by atoms with van der Waals surface area (Å²) in [4.78, 5) is 0. The third kappa shape index (κ3) is 2.94. The smallest absolute Gasteiger partial charge is 0.0628 e. The van der Waals surface area contributed by atoms with Gasteiger partial charge in [-0.25, -0.2) is 0 Å². The van der Waals surface area contributed by atoms with Crippen LogP contribution in [0.4, 0.5) is 5.69 Å². The van der Waals surface area contributed by atoms with Gasteiger partial charge in [-0.3, -0.25) is 0 Å². The first-order valence-corrected chi connectivity index (χ1v) is 6.80. The fourth-order valence-electron chi connectivity index (χ4n) is 1.83. The minimum absolute atomic E-state index is 0.200. The molecular weight excluding hydrogens is 300 g/mol. The minimum atomic E-state index is 0.200. The molecule has 0 unspecified atom stereocenters. The number of halogens is 2.